The lowest BCUT2D eigenvalue weighted by Gasteiger charge is -2.49. The summed E-state index contributed by atoms with van der Waals surface area (Å²) < 4.78 is 77.1. The van der Waals surface area contributed by atoms with E-state index in [9.17, 15) is 48.5 Å². The molecule has 0 aromatic heterocycles. The number of benzene rings is 2. The second-order valence-corrected chi connectivity index (χ2v) is 20.6. The van der Waals surface area contributed by atoms with Crippen LogP contribution in [0.15, 0.2) is 60.7 Å². The molecule has 26 nitrogen and oxygen atoms in total. The van der Waals surface area contributed by atoms with E-state index in [0.29, 0.717) is 11.1 Å². The first kappa shape index (κ1) is 64.7. The van der Waals surface area contributed by atoms with Crippen LogP contribution >= 0.6 is 0 Å². The van der Waals surface area contributed by atoms with E-state index in [2.05, 4.69) is 10.6 Å². The van der Waals surface area contributed by atoms with Crippen LogP contribution in [0, 0.1) is 10.1 Å². The largest absolute Gasteiger partial charge is 0.465 e. The molecular formula is C53H73N3O23. The molecule has 13 atom stereocenters. The fourth-order valence-electron chi connectivity index (χ4n) is 8.51. The van der Waals surface area contributed by atoms with E-state index < -0.39 is 163 Å². The van der Waals surface area contributed by atoms with E-state index in [0.717, 1.165) is 41.7 Å². The third-order valence-electron chi connectivity index (χ3n) is 11.6. The average molecular weight is 1120 g/mol. The average Bonchev–Trinajstić information content (AvgIpc) is 3.44. The third-order valence-corrected chi connectivity index (χ3v) is 11.6. The fourth-order valence-corrected chi connectivity index (χ4v) is 8.51. The molecule has 0 unspecified atom stereocenters. The second-order valence-electron chi connectivity index (χ2n) is 20.6. The molecule has 0 radical (unpaired) electrons. The predicted molar refractivity (Wildman–Crippen MR) is 270 cm³/mol. The molecule has 2 aromatic carbocycles. The van der Waals surface area contributed by atoms with Gasteiger partial charge >= 0.3 is 41.9 Å². The Morgan fingerprint density at radius 2 is 1.33 bits per heavy atom. The molecular weight excluding hydrogens is 1050 g/mol. The van der Waals surface area contributed by atoms with Crippen molar-refractivity contribution in [3.8, 4) is 0 Å². The number of esters is 6. The lowest BCUT2D eigenvalue weighted by atomic mass is 9.87. The summed E-state index contributed by atoms with van der Waals surface area (Å²) in [6.07, 6.45) is -17.4. The van der Waals surface area contributed by atoms with Crippen molar-refractivity contribution in [3.05, 3.63) is 81.9 Å². The van der Waals surface area contributed by atoms with Crippen molar-refractivity contribution >= 4 is 47.8 Å². The first-order chi connectivity index (χ1) is 36.9. The zero-order valence-electron chi connectivity index (χ0n) is 46.6. The van der Waals surface area contributed by atoms with Crippen LogP contribution in [0.3, 0.4) is 0 Å². The zero-order chi connectivity index (χ0) is 59.0. The SMILES string of the molecule is COC(=O)[C@@]1(OC[C@H]2O[C@H](O[C@H](C)[C@H](NC(=O)OC(C)(C)C)C(=O)OC(C)(C)C)[C@H]([N+](=O)[O-])[C@@H](OCc3ccccc3)[C@H]2OCc2ccccc2)C[C@H](OC(C)=O)[C@@H](NC(C)=O)[C@H]([C@H](OC(C)=O)[C@@H](COC(C)=O)OC(C)=O)O1. The molecule has 0 saturated carbocycles. The smallest absolute Gasteiger partial charge is 0.408 e. The number of hydrogen-bond donors (Lipinski definition) is 2. The number of nitrogens with one attached hydrogen (secondary N) is 2. The van der Waals surface area contributed by atoms with Crippen molar-refractivity contribution in [1.29, 1.82) is 0 Å². The van der Waals surface area contributed by atoms with Gasteiger partial charge in [0.1, 0.15) is 42.2 Å². The van der Waals surface area contributed by atoms with Gasteiger partial charge < -0.3 is 72.2 Å². The number of alkyl carbamates (subject to hydrolysis) is 1. The number of ether oxygens (including phenoxy) is 13. The van der Waals surface area contributed by atoms with Crippen molar-refractivity contribution < 1.29 is 105 Å². The van der Waals surface area contributed by atoms with Crippen LogP contribution in [0.1, 0.15) is 101 Å². The quantitative estimate of drug-likeness (QED) is 0.0655. The number of nitro groups is 1. The van der Waals surface area contributed by atoms with Crippen LogP contribution < -0.4 is 10.6 Å². The van der Waals surface area contributed by atoms with Gasteiger partial charge in [0.15, 0.2) is 24.4 Å². The normalized spacial score (nSPS) is 24.6. The molecule has 2 amide bonds. The van der Waals surface area contributed by atoms with Gasteiger partial charge in [-0.25, -0.2) is 14.4 Å². The zero-order valence-corrected chi connectivity index (χ0v) is 46.6. The minimum absolute atomic E-state index is 0.221. The molecule has 2 N–H and O–H groups in total. The number of methoxy groups -OCH3 is 1. The van der Waals surface area contributed by atoms with Crippen LogP contribution in [0.25, 0.3) is 0 Å². The Balaban J connectivity index is 1.97. The van der Waals surface area contributed by atoms with E-state index in [1.807, 2.05) is 0 Å². The van der Waals surface area contributed by atoms with Crippen LogP contribution in [0.2, 0.25) is 0 Å². The van der Waals surface area contributed by atoms with Crippen molar-refractivity contribution in [2.75, 3.05) is 20.3 Å². The summed E-state index contributed by atoms with van der Waals surface area (Å²) in [6, 6.07) is 12.0. The molecule has 26 heteroatoms. The maximum absolute atomic E-state index is 14.5. The van der Waals surface area contributed by atoms with E-state index in [-0.39, 0.29) is 13.2 Å². The molecule has 4 rings (SSSR count). The number of rotatable bonds is 24. The van der Waals surface area contributed by atoms with E-state index in [1.54, 1.807) is 102 Å². The molecule has 2 aliphatic rings. The maximum Gasteiger partial charge on any atom is 0.408 e. The summed E-state index contributed by atoms with van der Waals surface area (Å²) in [4.78, 5) is 118. The molecule has 2 aliphatic heterocycles. The number of nitrogens with zero attached hydrogens (tertiary/aromatic N) is 1. The highest BCUT2D eigenvalue weighted by atomic mass is 16.8. The minimum Gasteiger partial charge on any atom is -0.465 e. The molecule has 2 heterocycles. The number of amides is 2. The van der Waals surface area contributed by atoms with E-state index >= 15 is 0 Å². The van der Waals surface area contributed by atoms with Gasteiger partial charge in [-0.05, 0) is 59.6 Å². The summed E-state index contributed by atoms with van der Waals surface area (Å²) in [7, 11) is 0.953. The summed E-state index contributed by atoms with van der Waals surface area (Å²) >= 11 is 0. The fraction of sp³-hybridized carbons (Fsp3) is 0.623. The molecule has 79 heavy (non-hydrogen) atoms. The summed E-state index contributed by atoms with van der Waals surface area (Å²) in [6.45, 7) is 13.8. The first-order valence-electron chi connectivity index (χ1n) is 25.2. The van der Waals surface area contributed by atoms with Gasteiger partial charge in [0.2, 0.25) is 12.2 Å². The molecule has 2 saturated heterocycles. The van der Waals surface area contributed by atoms with Gasteiger partial charge in [-0.1, -0.05) is 60.7 Å². The maximum atomic E-state index is 14.5. The lowest BCUT2D eigenvalue weighted by molar-refractivity contribution is -0.578. The monoisotopic (exact) mass is 1120 g/mol. The van der Waals surface area contributed by atoms with Gasteiger partial charge in [0, 0.05) is 39.5 Å². The van der Waals surface area contributed by atoms with Crippen LogP contribution in [0.5, 0.6) is 0 Å². The Morgan fingerprint density at radius 1 is 0.772 bits per heavy atom. The Labute approximate surface area is 457 Å². The topological polar surface area (TPSA) is 324 Å². The highest BCUT2D eigenvalue weighted by Crippen LogP contribution is 2.39. The molecule has 2 aromatic rings. The Kier molecular flexibility index (Phi) is 23.6. The van der Waals surface area contributed by atoms with Crippen LogP contribution in [-0.2, 0) is 108 Å². The second kappa shape index (κ2) is 28.9. The molecule has 2 fully saturated rings. The predicted octanol–water partition coefficient (Wildman–Crippen LogP) is 3.71. The van der Waals surface area contributed by atoms with Crippen LogP contribution in [0.4, 0.5) is 4.79 Å². The van der Waals surface area contributed by atoms with Gasteiger partial charge in [-0.2, -0.15) is 0 Å². The Hall–Kier alpha value is -6.84. The van der Waals surface area contributed by atoms with Crippen molar-refractivity contribution in [1.82, 2.24) is 10.6 Å². The van der Waals surface area contributed by atoms with Crippen molar-refractivity contribution in [2.24, 2.45) is 0 Å². The lowest BCUT2D eigenvalue weighted by Crippen LogP contribution is -2.70. The van der Waals surface area contributed by atoms with Gasteiger partial charge in [-0.15, -0.1) is 0 Å². The summed E-state index contributed by atoms with van der Waals surface area (Å²) in [5.74, 6) is -9.69. The standard InChI is InChI=1S/C53H73N3O23/c1-29(40(47(62)78-51(7,8)9)55-50(64)79-52(10,11)12)72-48-42(56(65)66)46(70-26-36-22-18-15-19-23-36)43(69-25-35-20-16-14-17-21-35)39(76-48)28-71-53(49(63)67-13)24-37(73-32(4)59)41(54-30(2)57)45(77-53)44(75-34(6)61)38(74-33(5)60)27-68-31(3)58/h14-23,29,37-46,48H,24-28H2,1-13H3,(H,54,57)(H,55,64)/t29-,37+,38-,39-,40+,41-,42-,43+,44-,45-,46-,48+,53-/m1/s1. The van der Waals surface area contributed by atoms with Crippen LogP contribution in [-0.4, -0.2) is 163 Å². The third kappa shape index (κ3) is 20.1. The summed E-state index contributed by atoms with van der Waals surface area (Å²) in [5, 5.41) is 18.6. The molecule has 438 valence electrons. The number of carbonyl (C=O) groups is 8. The first-order valence-corrected chi connectivity index (χ1v) is 25.2. The summed E-state index contributed by atoms with van der Waals surface area (Å²) in [5.41, 5.74) is -0.982. The van der Waals surface area contributed by atoms with Gasteiger partial charge in [0.25, 0.3) is 11.8 Å². The molecule has 0 bridgehead atoms. The minimum atomic E-state index is -2.80. The number of hydrogen-bond acceptors (Lipinski definition) is 23. The van der Waals surface area contributed by atoms with Crippen molar-refractivity contribution in [3.63, 3.8) is 0 Å². The van der Waals surface area contributed by atoms with Crippen molar-refractivity contribution in [2.45, 2.75) is 193 Å². The Bertz CT molecular complexity index is 2410. The molecule has 0 spiro atoms. The number of carbonyl (C=O) groups excluding carboxylic acids is 8. The Morgan fingerprint density at radius 3 is 1.81 bits per heavy atom. The van der Waals surface area contributed by atoms with Gasteiger partial charge in [0.05, 0.1) is 45.5 Å². The highest BCUT2D eigenvalue weighted by molar-refractivity contribution is 5.82. The molecule has 0 aliphatic carbocycles. The highest BCUT2D eigenvalue weighted by Gasteiger charge is 2.61. The van der Waals surface area contributed by atoms with Gasteiger partial charge in [-0.3, -0.25) is 34.1 Å². The van der Waals surface area contributed by atoms with E-state index in [4.69, 9.17) is 61.6 Å². The van der Waals surface area contributed by atoms with E-state index in [1.165, 1.54) is 6.92 Å².